The number of ether oxygens (including phenoxy) is 1. The van der Waals surface area contributed by atoms with Crippen molar-refractivity contribution in [2.75, 3.05) is 20.3 Å². The number of aliphatic hydroxyl groups is 1. The average Bonchev–Trinajstić information content (AvgIpc) is 2.56. The molecule has 0 aliphatic heterocycles. The quantitative estimate of drug-likeness (QED) is 0.727. The number of para-hydroxylation sites is 1. The van der Waals surface area contributed by atoms with Crippen molar-refractivity contribution in [3.8, 4) is 0 Å². The Morgan fingerprint density at radius 3 is 2.37 bits per heavy atom. The van der Waals surface area contributed by atoms with Crippen molar-refractivity contribution < 1.29 is 36.2 Å². The minimum absolute atomic E-state index is 0.169. The largest absolute Gasteiger partial charge is 0.433 e. The summed E-state index contributed by atoms with van der Waals surface area (Å²) in [4.78, 5) is 3.18. The molecule has 0 bridgehead atoms. The lowest BCUT2D eigenvalue weighted by molar-refractivity contribution is -0.142. The molecule has 0 fully saturated rings. The number of rotatable bonds is 6. The van der Waals surface area contributed by atoms with Gasteiger partial charge in [-0.3, -0.25) is 0 Å². The zero-order valence-electron chi connectivity index (χ0n) is 14.4. The van der Waals surface area contributed by atoms with Crippen LogP contribution in [-0.4, -0.2) is 36.4 Å². The highest BCUT2D eigenvalue weighted by Crippen LogP contribution is 2.38. The van der Waals surface area contributed by atoms with E-state index in [0.717, 1.165) is 6.07 Å². The van der Waals surface area contributed by atoms with Gasteiger partial charge in [0, 0.05) is 25.1 Å². The molecule has 10 heteroatoms. The van der Waals surface area contributed by atoms with Crippen LogP contribution in [0.1, 0.15) is 29.8 Å². The molecule has 2 atom stereocenters. The Morgan fingerprint density at radius 2 is 1.81 bits per heavy atom. The van der Waals surface area contributed by atoms with Gasteiger partial charge in [0.1, 0.15) is 5.69 Å². The second-order valence-electron chi connectivity index (χ2n) is 6.07. The molecule has 2 aromatic rings. The molecule has 0 spiro atoms. The fourth-order valence-corrected chi connectivity index (χ4v) is 2.66. The summed E-state index contributed by atoms with van der Waals surface area (Å²) in [5.41, 5.74) is -3.92. The Morgan fingerprint density at radius 1 is 1.15 bits per heavy atom. The van der Waals surface area contributed by atoms with Crippen LogP contribution in [0.3, 0.4) is 0 Å². The Balaban J connectivity index is 2.57. The van der Waals surface area contributed by atoms with Crippen molar-refractivity contribution in [2.24, 2.45) is 0 Å². The summed E-state index contributed by atoms with van der Waals surface area (Å²) in [7, 11) is 1.46. The van der Waals surface area contributed by atoms with Crippen molar-refractivity contribution in [3.63, 3.8) is 0 Å². The van der Waals surface area contributed by atoms with E-state index in [1.54, 1.807) is 6.92 Å². The van der Waals surface area contributed by atoms with Crippen LogP contribution in [0.15, 0.2) is 24.3 Å². The van der Waals surface area contributed by atoms with Crippen molar-refractivity contribution in [1.29, 1.82) is 0 Å². The van der Waals surface area contributed by atoms with E-state index in [1.165, 1.54) is 13.2 Å². The molecule has 0 amide bonds. The molecule has 1 aromatic carbocycles. The number of aromatic nitrogens is 1. The fraction of sp³-hybridized carbons (Fsp3) is 0.471. The van der Waals surface area contributed by atoms with Crippen LogP contribution in [0.5, 0.6) is 0 Å². The number of halogens is 6. The molecule has 4 nitrogen and oxygen atoms in total. The Labute approximate surface area is 151 Å². The highest BCUT2D eigenvalue weighted by Gasteiger charge is 2.37. The molecule has 0 radical (unpaired) electrons. The predicted octanol–water partition coefficient (Wildman–Crippen LogP) is 3.93. The fourth-order valence-electron chi connectivity index (χ4n) is 2.66. The molecule has 1 heterocycles. The zero-order chi connectivity index (χ0) is 20.4. The number of fused-ring (bicyclic) bond motifs is 1. The minimum atomic E-state index is -4.96. The third kappa shape index (κ3) is 5.08. The lowest BCUT2D eigenvalue weighted by Gasteiger charge is -2.20. The molecule has 1 aromatic heterocycles. The van der Waals surface area contributed by atoms with Crippen molar-refractivity contribution in [2.45, 2.75) is 31.4 Å². The van der Waals surface area contributed by atoms with Crippen LogP contribution in [-0.2, 0) is 17.1 Å². The van der Waals surface area contributed by atoms with Crippen LogP contribution >= 0.6 is 0 Å². The van der Waals surface area contributed by atoms with Gasteiger partial charge in [-0.25, -0.2) is 4.98 Å². The lowest BCUT2D eigenvalue weighted by atomic mass is 9.99. The van der Waals surface area contributed by atoms with E-state index in [-0.39, 0.29) is 30.1 Å². The summed E-state index contributed by atoms with van der Waals surface area (Å²) in [5, 5.41) is 13.0. The van der Waals surface area contributed by atoms with Crippen LogP contribution < -0.4 is 5.32 Å². The van der Waals surface area contributed by atoms with E-state index >= 15 is 0 Å². The van der Waals surface area contributed by atoms with Crippen molar-refractivity contribution in [3.05, 3.63) is 41.1 Å². The second-order valence-corrected chi connectivity index (χ2v) is 6.07. The van der Waals surface area contributed by atoms with Gasteiger partial charge in [0.25, 0.3) is 0 Å². The third-order valence-corrected chi connectivity index (χ3v) is 3.90. The number of nitrogens with one attached hydrogen (secondary N) is 1. The second kappa shape index (κ2) is 7.99. The number of alkyl halides is 6. The monoisotopic (exact) mass is 396 g/mol. The summed E-state index contributed by atoms with van der Waals surface area (Å²) < 4.78 is 84.0. The first kappa shape index (κ1) is 21.4. The number of nitrogens with zero attached hydrogens (tertiary/aromatic N) is 1. The first-order valence-electron chi connectivity index (χ1n) is 7.93. The van der Waals surface area contributed by atoms with E-state index in [2.05, 4.69) is 10.3 Å². The van der Waals surface area contributed by atoms with Crippen LogP contribution in [0.25, 0.3) is 10.9 Å². The molecule has 0 saturated heterocycles. The van der Waals surface area contributed by atoms with E-state index in [4.69, 9.17) is 4.74 Å². The summed E-state index contributed by atoms with van der Waals surface area (Å²) in [5.74, 6) is 0. The highest BCUT2D eigenvalue weighted by atomic mass is 19.4. The van der Waals surface area contributed by atoms with Gasteiger partial charge in [-0.15, -0.1) is 0 Å². The molecule has 0 unspecified atom stereocenters. The number of hydrogen-bond acceptors (Lipinski definition) is 4. The van der Waals surface area contributed by atoms with E-state index in [0.29, 0.717) is 12.1 Å². The Bertz CT molecular complexity index is 791. The molecular formula is C17H18F6N2O2. The molecule has 2 N–H and O–H groups in total. The SMILES string of the molecule is COC[C@H](C)NC[C@@H](O)c1cc(C(F)(F)F)nc2c(C(F)(F)F)cccc12. The third-order valence-electron chi connectivity index (χ3n) is 3.90. The maximum absolute atomic E-state index is 13.2. The summed E-state index contributed by atoms with van der Waals surface area (Å²) in [6.07, 6.45) is -11.3. The minimum Gasteiger partial charge on any atom is -0.387 e. The normalized spacial score (nSPS) is 15.1. The number of pyridine rings is 1. The maximum atomic E-state index is 13.2. The van der Waals surface area contributed by atoms with Gasteiger partial charge < -0.3 is 15.2 Å². The van der Waals surface area contributed by atoms with Crippen LogP contribution in [0, 0.1) is 0 Å². The molecule has 2 rings (SSSR count). The molecule has 0 aliphatic carbocycles. The first-order valence-corrected chi connectivity index (χ1v) is 7.93. The summed E-state index contributed by atoms with van der Waals surface area (Å²) >= 11 is 0. The van der Waals surface area contributed by atoms with E-state index in [9.17, 15) is 31.4 Å². The van der Waals surface area contributed by atoms with Gasteiger partial charge in [-0.2, -0.15) is 26.3 Å². The molecular weight excluding hydrogens is 378 g/mol. The molecule has 27 heavy (non-hydrogen) atoms. The van der Waals surface area contributed by atoms with Gasteiger partial charge in [0.15, 0.2) is 0 Å². The van der Waals surface area contributed by atoms with Gasteiger partial charge in [-0.1, -0.05) is 12.1 Å². The highest BCUT2D eigenvalue weighted by molar-refractivity contribution is 5.86. The maximum Gasteiger partial charge on any atom is 0.433 e. The van der Waals surface area contributed by atoms with Crippen molar-refractivity contribution in [1.82, 2.24) is 10.3 Å². The van der Waals surface area contributed by atoms with E-state index in [1.807, 2.05) is 0 Å². The number of aliphatic hydroxyl groups excluding tert-OH is 1. The Kier molecular flexibility index (Phi) is 6.33. The van der Waals surface area contributed by atoms with Crippen LogP contribution in [0.4, 0.5) is 26.3 Å². The van der Waals surface area contributed by atoms with Crippen molar-refractivity contribution >= 4 is 10.9 Å². The lowest BCUT2D eigenvalue weighted by Crippen LogP contribution is -2.33. The van der Waals surface area contributed by atoms with Gasteiger partial charge in [-0.05, 0) is 24.6 Å². The smallest absolute Gasteiger partial charge is 0.387 e. The summed E-state index contributed by atoms with van der Waals surface area (Å²) in [6.45, 7) is 1.84. The summed E-state index contributed by atoms with van der Waals surface area (Å²) in [6, 6.07) is 3.29. The molecule has 0 aliphatic rings. The topological polar surface area (TPSA) is 54.4 Å². The van der Waals surface area contributed by atoms with E-state index < -0.39 is 35.2 Å². The average molecular weight is 396 g/mol. The first-order chi connectivity index (χ1) is 12.4. The zero-order valence-corrected chi connectivity index (χ0v) is 14.4. The van der Waals surface area contributed by atoms with Gasteiger partial charge >= 0.3 is 12.4 Å². The number of benzene rings is 1. The Hall–Kier alpha value is -1.91. The predicted molar refractivity (Wildman–Crippen MR) is 86.0 cm³/mol. The number of methoxy groups -OCH3 is 1. The molecule has 150 valence electrons. The van der Waals surface area contributed by atoms with Gasteiger partial charge in [0.05, 0.1) is 23.8 Å². The number of hydrogen-bond donors (Lipinski definition) is 2. The standard InChI is InChI=1S/C17H18F6N2O2/c1-9(8-27-2)24-7-13(26)11-6-14(17(21,22)23)25-15-10(11)4-3-5-12(15)16(18,19)20/h3-6,9,13,24,26H,7-8H2,1-2H3/t9-,13+/m0/s1. The molecule has 0 saturated carbocycles. The van der Waals surface area contributed by atoms with Gasteiger partial charge in [0.2, 0.25) is 0 Å². The van der Waals surface area contributed by atoms with Crippen LogP contribution in [0.2, 0.25) is 0 Å².